The lowest BCUT2D eigenvalue weighted by molar-refractivity contribution is 0.0615. The largest absolute Gasteiger partial charge is 0.338 e. The van der Waals surface area contributed by atoms with Gasteiger partial charge in [-0.15, -0.1) is 0 Å². The number of aromatic nitrogens is 2. The highest BCUT2D eigenvalue weighted by Crippen LogP contribution is 2.17. The predicted octanol–water partition coefficient (Wildman–Crippen LogP) is 3.00. The van der Waals surface area contributed by atoms with Crippen molar-refractivity contribution in [3.05, 3.63) is 71.6 Å². The Labute approximate surface area is 158 Å². The summed E-state index contributed by atoms with van der Waals surface area (Å²) in [6.45, 7) is 5.64. The van der Waals surface area contributed by atoms with E-state index in [-0.39, 0.29) is 5.91 Å². The van der Waals surface area contributed by atoms with E-state index in [0.717, 1.165) is 24.2 Å². The fourth-order valence-corrected chi connectivity index (χ4v) is 3.20. The standard InChI is InChI=1S/C21H22N4O2/c1-16-7-9-17(10-8-16)20-22-19(27-23-20)15-24-11-13-25(14-12-24)21(26)18-5-3-2-4-6-18/h2-10H,11-15H2,1H3. The van der Waals surface area contributed by atoms with E-state index in [1.807, 2.05) is 66.4 Å². The molecule has 1 amide bonds. The van der Waals surface area contributed by atoms with E-state index in [1.54, 1.807) is 0 Å². The molecule has 138 valence electrons. The van der Waals surface area contributed by atoms with Crippen LogP contribution in [-0.4, -0.2) is 52.0 Å². The number of nitrogens with zero attached hydrogens (tertiary/aromatic N) is 4. The average molecular weight is 362 g/mol. The van der Waals surface area contributed by atoms with Crippen molar-refractivity contribution in [1.82, 2.24) is 19.9 Å². The fraction of sp³-hybridized carbons (Fsp3) is 0.286. The van der Waals surface area contributed by atoms with Gasteiger partial charge in [0, 0.05) is 37.3 Å². The van der Waals surface area contributed by atoms with Crippen molar-refractivity contribution >= 4 is 5.91 Å². The minimum Gasteiger partial charge on any atom is -0.338 e. The van der Waals surface area contributed by atoms with E-state index in [9.17, 15) is 4.79 Å². The number of hydrogen-bond donors (Lipinski definition) is 0. The molecule has 4 rings (SSSR count). The Hall–Kier alpha value is -2.99. The molecule has 2 aromatic carbocycles. The Morgan fingerprint density at radius 2 is 1.70 bits per heavy atom. The Morgan fingerprint density at radius 3 is 2.41 bits per heavy atom. The van der Waals surface area contributed by atoms with Crippen LogP contribution in [0.5, 0.6) is 0 Å². The van der Waals surface area contributed by atoms with Gasteiger partial charge in [-0.2, -0.15) is 4.98 Å². The van der Waals surface area contributed by atoms with E-state index in [4.69, 9.17) is 4.52 Å². The van der Waals surface area contributed by atoms with Gasteiger partial charge >= 0.3 is 0 Å². The summed E-state index contributed by atoms with van der Waals surface area (Å²) in [5, 5.41) is 4.09. The van der Waals surface area contributed by atoms with Gasteiger partial charge < -0.3 is 9.42 Å². The van der Waals surface area contributed by atoms with Crippen LogP contribution in [0.3, 0.4) is 0 Å². The van der Waals surface area contributed by atoms with Crippen molar-refractivity contribution in [3.63, 3.8) is 0 Å². The highest BCUT2D eigenvalue weighted by molar-refractivity contribution is 5.94. The zero-order valence-corrected chi connectivity index (χ0v) is 15.3. The topological polar surface area (TPSA) is 62.5 Å². The first-order chi connectivity index (χ1) is 13.2. The normalized spacial score (nSPS) is 15.1. The van der Waals surface area contributed by atoms with E-state index in [0.29, 0.717) is 31.3 Å². The summed E-state index contributed by atoms with van der Waals surface area (Å²) in [5.74, 6) is 1.31. The molecule has 27 heavy (non-hydrogen) atoms. The molecule has 0 N–H and O–H groups in total. The minimum atomic E-state index is 0.0923. The van der Waals surface area contributed by atoms with Gasteiger partial charge in [-0.25, -0.2) is 0 Å². The van der Waals surface area contributed by atoms with Crippen LogP contribution in [0.4, 0.5) is 0 Å². The molecular weight excluding hydrogens is 340 g/mol. The van der Waals surface area contributed by atoms with Gasteiger partial charge in [0.25, 0.3) is 5.91 Å². The van der Waals surface area contributed by atoms with Crippen LogP contribution in [0.2, 0.25) is 0 Å². The molecule has 0 spiro atoms. The Balaban J connectivity index is 1.33. The third kappa shape index (κ3) is 4.06. The van der Waals surface area contributed by atoms with E-state index < -0.39 is 0 Å². The van der Waals surface area contributed by atoms with Crippen LogP contribution in [0.1, 0.15) is 21.8 Å². The maximum absolute atomic E-state index is 12.5. The molecule has 3 aromatic rings. The molecule has 1 fully saturated rings. The molecule has 2 heterocycles. The molecule has 1 aliphatic rings. The average Bonchev–Trinajstić information content (AvgIpc) is 3.18. The molecule has 0 saturated carbocycles. The third-order valence-electron chi connectivity index (χ3n) is 4.82. The Morgan fingerprint density at radius 1 is 1.00 bits per heavy atom. The Bertz CT molecular complexity index is 897. The van der Waals surface area contributed by atoms with Crippen LogP contribution in [0.25, 0.3) is 11.4 Å². The Kier molecular flexibility index (Phi) is 4.98. The molecule has 1 saturated heterocycles. The van der Waals surface area contributed by atoms with Crippen LogP contribution < -0.4 is 0 Å². The lowest BCUT2D eigenvalue weighted by Crippen LogP contribution is -2.48. The quantitative estimate of drug-likeness (QED) is 0.714. The van der Waals surface area contributed by atoms with E-state index >= 15 is 0 Å². The predicted molar refractivity (Wildman–Crippen MR) is 102 cm³/mol. The lowest BCUT2D eigenvalue weighted by atomic mass is 10.1. The van der Waals surface area contributed by atoms with Crippen LogP contribution >= 0.6 is 0 Å². The molecule has 0 radical (unpaired) electrons. The smallest absolute Gasteiger partial charge is 0.253 e. The SMILES string of the molecule is Cc1ccc(-c2noc(CN3CCN(C(=O)c4ccccc4)CC3)n2)cc1. The second-order valence-corrected chi connectivity index (χ2v) is 6.81. The third-order valence-corrected chi connectivity index (χ3v) is 4.82. The number of aryl methyl sites for hydroxylation is 1. The maximum Gasteiger partial charge on any atom is 0.253 e. The van der Waals surface area contributed by atoms with Gasteiger partial charge in [0.2, 0.25) is 11.7 Å². The number of piperazine rings is 1. The van der Waals surface area contributed by atoms with Crippen LogP contribution in [0, 0.1) is 6.92 Å². The monoisotopic (exact) mass is 362 g/mol. The minimum absolute atomic E-state index is 0.0923. The molecule has 6 heteroatoms. The first kappa shape index (κ1) is 17.4. The van der Waals surface area contributed by atoms with E-state index in [1.165, 1.54) is 5.56 Å². The fourth-order valence-electron chi connectivity index (χ4n) is 3.20. The molecule has 6 nitrogen and oxygen atoms in total. The summed E-state index contributed by atoms with van der Waals surface area (Å²) >= 11 is 0. The number of carbonyl (C=O) groups excluding carboxylic acids is 1. The number of rotatable bonds is 4. The molecule has 0 bridgehead atoms. The molecule has 0 atom stereocenters. The van der Waals surface area contributed by atoms with Crippen LogP contribution in [-0.2, 0) is 6.54 Å². The van der Waals surface area contributed by atoms with Crippen molar-refractivity contribution in [3.8, 4) is 11.4 Å². The maximum atomic E-state index is 12.5. The van der Waals surface area contributed by atoms with Crippen molar-refractivity contribution in [2.75, 3.05) is 26.2 Å². The zero-order valence-electron chi connectivity index (χ0n) is 15.3. The van der Waals surface area contributed by atoms with Crippen LogP contribution in [0.15, 0.2) is 59.1 Å². The first-order valence-electron chi connectivity index (χ1n) is 9.15. The van der Waals surface area contributed by atoms with E-state index in [2.05, 4.69) is 15.0 Å². The first-order valence-corrected chi connectivity index (χ1v) is 9.15. The highest BCUT2D eigenvalue weighted by Gasteiger charge is 2.23. The summed E-state index contributed by atoms with van der Waals surface area (Å²) in [4.78, 5) is 21.2. The number of carbonyl (C=O) groups is 1. The summed E-state index contributed by atoms with van der Waals surface area (Å²) in [6.07, 6.45) is 0. The molecule has 1 aliphatic heterocycles. The van der Waals surface area contributed by atoms with Crippen molar-refractivity contribution in [2.24, 2.45) is 0 Å². The van der Waals surface area contributed by atoms with Gasteiger partial charge in [-0.1, -0.05) is 53.2 Å². The van der Waals surface area contributed by atoms with Gasteiger partial charge in [0.05, 0.1) is 6.54 Å². The zero-order chi connectivity index (χ0) is 18.6. The molecular formula is C21H22N4O2. The van der Waals surface area contributed by atoms with Gasteiger partial charge in [-0.3, -0.25) is 9.69 Å². The second kappa shape index (κ2) is 7.72. The summed E-state index contributed by atoms with van der Waals surface area (Å²) < 4.78 is 5.41. The number of amides is 1. The van der Waals surface area contributed by atoms with Crippen molar-refractivity contribution < 1.29 is 9.32 Å². The number of benzene rings is 2. The lowest BCUT2D eigenvalue weighted by Gasteiger charge is -2.34. The summed E-state index contributed by atoms with van der Waals surface area (Å²) in [6, 6.07) is 17.5. The summed E-state index contributed by atoms with van der Waals surface area (Å²) in [7, 11) is 0. The van der Waals surface area contributed by atoms with Gasteiger partial charge in [-0.05, 0) is 19.1 Å². The highest BCUT2D eigenvalue weighted by atomic mass is 16.5. The molecule has 0 aliphatic carbocycles. The summed E-state index contributed by atoms with van der Waals surface area (Å²) in [5.41, 5.74) is 2.89. The van der Waals surface area contributed by atoms with Crippen molar-refractivity contribution in [2.45, 2.75) is 13.5 Å². The number of hydrogen-bond acceptors (Lipinski definition) is 5. The van der Waals surface area contributed by atoms with Gasteiger partial charge in [0.15, 0.2) is 0 Å². The molecule has 0 unspecified atom stereocenters. The van der Waals surface area contributed by atoms with Crippen molar-refractivity contribution in [1.29, 1.82) is 0 Å². The molecule has 1 aromatic heterocycles. The second-order valence-electron chi connectivity index (χ2n) is 6.81. The van der Waals surface area contributed by atoms with Gasteiger partial charge in [0.1, 0.15) is 0 Å².